The molecule has 0 atom stereocenters. The third-order valence-corrected chi connectivity index (χ3v) is 5.91. The van der Waals surface area contributed by atoms with E-state index in [1.807, 2.05) is 6.07 Å². The lowest BCUT2D eigenvalue weighted by atomic mass is 9.94. The minimum Gasteiger partial charge on any atom is -0.463 e. The van der Waals surface area contributed by atoms with Crippen LogP contribution in [0.5, 0.6) is 0 Å². The van der Waals surface area contributed by atoms with Gasteiger partial charge in [-0.05, 0) is 48.9 Å². The van der Waals surface area contributed by atoms with Crippen LogP contribution in [0.1, 0.15) is 34.2 Å². The summed E-state index contributed by atoms with van der Waals surface area (Å²) in [4.78, 5) is 39.6. The fraction of sp³-hybridized carbons (Fsp3) is 0.0690. The highest BCUT2D eigenvalue weighted by molar-refractivity contribution is 6.31. The molecule has 0 radical (unpaired) electrons. The molecule has 0 saturated heterocycles. The van der Waals surface area contributed by atoms with Crippen LogP contribution >= 0.6 is 11.6 Å². The van der Waals surface area contributed by atoms with Gasteiger partial charge in [-0.1, -0.05) is 54.1 Å². The predicted molar refractivity (Wildman–Crippen MR) is 137 cm³/mol. The lowest BCUT2D eigenvalue weighted by Gasteiger charge is -2.08. The molecule has 0 aliphatic heterocycles. The second kappa shape index (κ2) is 9.68. The van der Waals surface area contributed by atoms with Gasteiger partial charge in [0.05, 0.1) is 17.6 Å². The average Bonchev–Trinajstić information content (AvgIpc) is 3.29. The number of para-hydroxylation sites is 1. The van der Waals surface area contributed by atoms with E-state index in [2.05, 4.69) is 0 Å². The van der Waals surface area contributed by atoms with Gasteiger partial charge >= 0.3 is 11.6 Å². The van der Waals surface area contributed by atoms with E-state index in [9.17, 15) is 14.4 Å². The number of hydrogen-bond donors (Lipinski definition) is 0. The fourth-order valence-electron chi connectivity index (χ4n) is 4.06. The largest absolute Gasteiger partial charge is 0.463 e. The first kappa shape index (κ1) is 23.3. The summed E-state index contributed by atoms with van der Waals surface area (Å²) in [6.45, 7) is 1.87. The van der Waals surface area contributed by atoms with Crippen molar-refractivity contribution >= 4 is 50.9 Å². The summed E-state index contributed by atoms with van der Waals surface area (Å²) in [6, 6.07) is 22.1. The van der Waals surface area contributed by atoms with E-state index in [0.717, 1.165) is 0 Å². The number of rotatable bonds is 6. The Labute approximate surface area is 210 Å². The molecule has 0 spiro atoms. The maximum Gasteiger partial charge on any atom is 0.348 e. The van der Waals surface area contributed by atoms with Crippen LogP contribution in [0.2, 0.25) is 5.02 Å². The minimum atomic E-state index is -0.723. The second-order valence-corrected chi connectivity index (χ2v) is 8.34. The first-order valence-electron chi connectivity index (χ1n) is 11.2. The highest BCUT2D eigenvalue weighted by atomic mass is 35.5. The van der Waals surface area contributed by atoms with E-state index in [4.69, 9.17) is 25.2 Å². The first-order chi connectivity index (χ1) is 17.5. The number of carbonyl (C=O) groups excluding carboxylic acids is 2. The van der Waals surface area contributed by atoms with Gasteiger partial charge in [0.15, 0.2) is 11.4 Å². The molecule has 0 bridgehead atoms. The van der Waals surface area contributed by atoms with Crippen LogP contribution in [0.3, 0.4) is 0 Å². The lowest BCUT2D eigenvalue weighted by Crippen LogP contribution is -2.09. The number of ketones is 1. The van der Waals surface area contributed by atoms with Gasteiger partial charge in [0.1, 0.15) is 16.7 Å². The number of hydrogen-bond acceptors (Lipinski definition) is 6. The van der Waals surface area contributed by atoms with Gasteiger partial charge in [-0.15, -0.1) is 0 Å². The van der Waals surface area contributed by atoms with Crippen molar-refractivity contribution in [3.05, 3.63) is 123 Å². The molecular formula is C29H19ClO6. The van der Waals surface area contributed by atoms with Crippen molar-refractivity contribution in [2.75, 3.05) is 6.61 Å². The summed E-state index contributed by atoms with van der Waals surface area (Å²) in [7, 11) is 0. The average molecular weight is 499 g/mol. The van der Waals surface area contributed by atoms with E-state index in [0.29, 0.717) is 32.7 Å². The zero-order valence-electron chi connectivity index (χ0n) is 19.1. The molecule has 0 aliphatic carbocycles. The molecule has 7 heteroatoms. The van der Waals surface area contributed by atoms with Crippen LogP contribution in [0.4, 0.5) is 0 Å². The van der Waals surface area contributed by atoms with Gasteiger partial charge in [0.25, 0.3) is 0 Å². The molecule has 0 unspecified atom stereocenters. The van der Waals surface area contributed by atoms with Crippen LogP contribution in [-0.2, 0) is 9.53 Å². The third-order valence-electron chi connectivity index (χ3n) is 5.66. The molecule has 0 aliphatic rings. The Morgan fingerprint density at radius 2 is 1.58 bits per heavy atom. The summed E-state index contributed by atoms with van der Waals surface area (Å²) >= 11 is 6.02. The van der Waals surface area contributed by atoms with Crippen molar-refractivity contribution in [1.29, 1.82) is 0 Å². The molecule has 0 amide bonds. The van der Waals surface area contributed by atoms with Gasteiger partial charge < -0.3 is 13.6 Å². The maximum atomic E-state index is 13.9. The van der Waals surface area contributed by atoms with Crippen LogP contribution in [0.15, 0.2) is 98.6 Å². The predicted octanol–water partition coefficient (Wildman–Crippen LogP) is 6.42. The van der Waals surface area contributed by atoms with E-state index < -0.39 is 17.4 Å². The number of esters is 1. The highest BCUT2D eigenvalue weighted by Gasteiger charge is 2.29. The molecule has 6 nitrogen and oxygen atoms in total. The molecule has 5 aromatic rings. The Bertz CT molecular complexity index is 1690. The molecule has 2 heterocycles. The first-order valence-corrected chi connectivity index (χ1v) is 11.6. The van der Waals surface area contributed by atoms with Crippen molar-refractivity contribution < 1.29 is 23.2 Å². The molecule has 3 aromatic carbocycles. The Morgan fingerprint density at radius 1 is 0.889 bits per heavy atom. The molecule has 0 N–H and O–H groups in total. The summed E-state index contributed by atoms with van der Waals surface area (Å²) in [6.07, 6.45) is 1.26. The van der Waals surface area contributed by atoms with Gasteiger partial charge in [0.2, 0.25) is 0 Å². The molecule has 5 rings (SSSR count). The summed E-state index contributed by atoms with van der Waals surface area (Å²) in [5, 5.41) is 0.975. The van der Waals surface area contributed by atoms with E-state index in [-0.39, 0.29) is 28.9 Å². The quantitative estimate of drug-likeness (QED) is 0.116. The number of furan rings is 1. The Balaban J connectivity index is 1.89. The van der Waals surface area contributed by atoms with Gasteiger partial charge in [-0.25, -0.2) is 9.59 Å². The summed E-state index contributed by atoms with van der Waals surface area (Å²) in [5.74, 6) is -1.03. The highest BCUT2D eigenvalue weighted by Crippen LogP contribution is 2.37. The van der Waals surface area contributed by atoms with Crippen molar-refractivity contribution in [1.82, 2.24) is 0 Å². The zero-order valence-corrected chi connectivity index (χ0v) is 19.9. The van der Waals surface area contributed by atoms with Gasteiger partial charge in [-0.2, -0.15) is 0 Å². The minimum absolute atomic E-state index is 0.00524. The Hall–Kier alpha value is -4.42. The van der Waals surface area contributed by atoms with Crippen LogP contribution < -0.4 is 5.63 Å². The molecule has 2 aromatic heterocycles. The smallest absolute Gasteiger partial charge is 0.348 e. The molecule has 0 saturated carbocycles. The van der Waals surface area contributed by atoms with E-state index in [1.165, 1.54) is 6.08 Å². The Morgan fingerprint density at radius 3 is 2.31 bits per heavy atom. The number of halogens is 1. The number of benzene rings is 3. The van der Waals surface area contributed by atoms with Crippen LogP contribution in [-0.4, -0.2) is 18.4 Å². The standard InChI is InChI=1S/C29H19ClO6/c1-2-34-23(31)16-21(17-8-4-3-5-9-17)28-24(26(32)18-12-14-19(30)15-13-18)25-27(36-28)20-10-6-7-11-22(20)35-29(25)33/h3-16H,2H2,1H3/b21-16+. The Kier molecular flexibility index (Phi) is 6.27. The van der Waals surface area contributed by atoms with Gasteiger partial charge in [-0.3, -0.25) is 4.79 Å². The van der Waals surface area contributed by atoms with E-state index in [1.54, 1.807) is 79.7 Å². The molecular weight excluding hydrogens is 480 g/mol. The van der Waals surface area contributed by atoms with Crippen LogP contribution in [0, 0.1) is 0 Å². The normalized spacial score (nSPS) is 11.7. The number of carbonyl (C=O) groups is 2. The third kappa shape index (κ3) is 4.23. The maximum absolute atomic E-state index is 13.9. The lowest BCUT2D eigenvalue weighted by molar-refractivity contribution is -0.137. The summed E-state index contributed by atoms with van der Waals surface area (Å²) in [5.41, 5.74) is 0.969. The van der Waals surface area contributed by atoms with Crippen LogP contribution in [0.25, 0.3) is 27.5 Å². The number of fused-ring (bicyclic) bond motifs is 3. The van der Waals surface area contributed by atoms with Crippen molar-refractivity contribution in [2.24, 2.45) is 0 Å². The van der Waals surface area contributed by atoms with Gasteiger partial charge in [0, 0.05) is 22.2 Å². The monoisotopic (exact) mass is 498 g/mol. The molecule has 178 valence electrons. The molecule has 36 heavy (non-hydrogen) atoms. The SMILES string of the molecule is CCOC(=O)/C=C(\c1ccccc1)c1oc2c(c1C(=O)c1ccc(Cl)cc1)c(=O)oc1ccccc12. The van der Waals surface area contributed by atoms with Crippen molar-refractivity contribution in [3.8, 4) is 0 Å². The fourth-order valence-corrected chi connectivity index (χ4v) is 4.19. The van der Waals surface area contributed by atoms with E-state index >= 15 is 0 Å². The number of ether oxygens (including phenoxy) is 1. The van der Waals surface area contributed by atoms with Crippen molar-refractivity contribution in [2.45, 2.75) is 6.92 Å². The zero-order chi connectivity index (χ0) is 25.2. The molecule has 0 fully saturated rings. The topological polar surface area (TPSA) is 86.7 Å². The summed E-state index contributed by atoms with van der Waals surface area (Å²) < 4.78 is 17.0. The second-order valence-electron chi connectivity index (χ2n) is 7.91. The van der Waals surface area contributed by atoms with Crippen molar-refractivity contribution in [3.63, 3.8) is 0 Å².